The van der Waals surface area contributed by atoms with E-state index in [1.54, 1.807) is 0 Å². The molecule has 0 amide bonds. The van der Waals surface area contributed by atoms with Crippen molar-refractivity contribution < 1.29 is 0 Å². The number of hydrogen-bond donors (Lipinski definition) is 1. The molecule has 2 rings (SSSR count). The van der Waals surface area contributed by atoms with Gasteiger partial charge in [-0.2, -0.15) is 0 Å². The second-order valence-electron chi connectivity index (χ2n) is 5.27. The van der Waals surface area contributed by atoms with Crippen LogP contribution in [0.3, 0.4) is 0 Å². The average molecular weight is 258 g/mol. The maximum atomic E-state index is 3.45. The molecule has 2 nitrogen and oxygen atoms in total. The zero-order valence-electron chi connectivity index (χ0n) is 12.4. The van der Waals surface area contributed by atoms with Crippen molar-refractivity contribution >= 4 is 10.9 Å². The number of rotatable bonds is 7. The molecule has 19 heavy (non-hydrogen) atoms. The van der Waals surface area contributed by atoms with E-state index in [1.807, 2.05) is 0 Å². The molecule has 0 saturated carbocycles. The standard InChI is InChI=1S/C17H26N2/c1-4-14(5-2)13-19-16(12-18-6-3)11-15-9-7-8-10-17(15)19/h7-11,14,18H,4-6,12-13H2,1-3H3. The molecule has 0 spiro atoms. The van der Waals surface area contributed by atoms with Gasteiger partial charge in [-0.25, -0.2) is 0 Å². The Morgan fingerprint density at radius 2 is 1.84 bits per heavy atom. The van der Waals surface area contributed by atoms with Crippen LogP contribution >= 0.6 is 0 Å². The number of benzene rings is 1. The molecule has 0 bridgehead atoms. The van der Waals surface area contributed by atoms with Gasteiger partial charge in [0.1, 0.15) is 0 Å². The summed E-state index contributed by atoms with van der Waals surface area (Å²) in [6.45, 7) is 9.88. The summed E-state index contributed by atoms with van der Waals surface area (Å²) in [6.07, 6.45) is 2.51. The summed E-state index contributed by atoms with van der Waals surface area (Å²) in [6, 6.07) is 11.1. The Labute approximate surface area is 116 Å². The van der Waals surface area contributed by atoms with Crippen molar-refractivity contribution in [1.29, 1.82) is 0 Å². The second-order valence-corrected chi connectivity index (χ2v) is 5.27. The van der Waals surface area contributed by atoms with E-state index in [2.05, 4.69) is 61.0 Å². The van der Waals surface area contributed by atoms with Gasteiger partial charge in [0.15, 0.2) is 0 Å². The summed E-state index contributed by atoms with van der Waals surface area (Å²) in [5, 5.41) is 4.82. The van der Waals surface area contributed by atoms with Crippen LogP contribution in [0.15, 0.2) is 30.3 Å². The van der Waals surface area contributed by atoms with Crippen LogP contribution in [-0.4, -0.2) is 11.1 Å². The maximum absolute atomic E-state index is 3.45. The van der Waals surface area contributed by atoms with Crippen molar-refractivity contribution in [3.8, 4) is 0 Å². The van der Waals surface area contributed by atoms with E-state index < -0.39 is 0 Å². The van der Waals surface area contributed by atoms with Gasteiger partial charge in [-0.15, -0.1) is 0 Å². The topological polar surface area (TPSA) is 17.0 Å². The lowest BCUT2D eigenvalue weighted by molar-refractivity contribution is 0.417. The third-order valence-corrected chi connectivity index (χ3v) is 4.05. The molecule has 0 aliphatic rings. The number of nitrogens with one attached hydrogen (secondary N) is 1. The summed E-state index contributed by atoms with van der Waals surface area (Å²) in [4.78, 5) is 0. The Bertz CT molecular complexity index is 509. The van der Waals surface area contributed by atoms with Crippen LogP contribution in [0, 0.1) is 5.92 Å². The van der Waals surface area contributed by atoms with Gasteiger partial charge in [-0.05, 0) is 30.0 Å². The van der Waals surface area contributed by atoms with Crippen LogP contribution in [0.5, 0.6) is 0 Å². The van der Waals surface area contributed by atoms with Gasteiger partial charge in [-0.1, -0.05) is 51.8 Å². The molecule has 0 aliphatic heterocycles. The monoisotopic (exact) mass is 258 g/mol. The van der Waals surface area contributed by atoms with Crippen molar-refractivity contribution in [2.24, 2.45) is 5.92 Å². The molecule has 2 aromatic rings. The number of aromatic nitrogens is 1. The second kappa shape index (κ2) is 6.76. The Morgan fingerprint density at radius 1 is 1.11 bits per heavy atom. The van der Waals surface area contributed by atoms with Crippen LogP contribution in [-0.2, 0) is 13.1 Å². The molecule has 0 unspecified atom stereocenters. The van der Waals surface area contributed by atoms with Gasteiger partial charge in [0.2, 0.25) is 0 Å². The van der Waals surface area contributed by atoms with Crippen molar-refractivity contribution in [2.45, 2.75) is 46.7 Å². The molecule has 1 aromatic heterocycles. The van der Waals surface area contributed by atoms with Crippen LogP contribution in [0.4, 0.5) is 0 Å². The van der Waals surface area contributed by atoms with Gasteiger partial charge in [0.05, 0.1) is 0 Å². The molecule has 0 saturated heterocycles. The fraction of sp³-hybridized carbons (Fsp3) is 0.529. The number of para-hydroxylation sites is 1. The average Bonchev–Trinajstić information content (AvgIpc) is 2.80. The van der Waals surface area contributed by atoms with E-state index in [-0.39, 0.29) is 0 Å². The lowest BCUT2D eigenvalue weighted by atomic mass is 10.0. The Balaban J connectivity index is 2.35. The predicted octanol–water partition coefficient (Wildman–Crippen LogP) is 4.19. The normalized spacial score (nSPS) is 11.6. The molecule has 1 aromatic carbocycles. The van der Waals surface area contributed by atoms with Gasteiger partial charge in [-0.3, -0.25) is 0 Å². The molecule has 1 heterocycles. The number of nitrogens with zero attached hydrogens (tertiary/aromatic N) is 1. The fourth-order valence-corrected chi connectivity index (χ4v) is 2.69. The summed E-state index contributed by atoms with van der Waals surface area (Å²) in [7, 11) is 0. The van der Waals surface area contributed by atoms with Crippen molar-refractivity contribution in [1.82, 2.24) is 9.88 Å². The van der Waals surface area contributed by atoms with Gasteiger partial charge < -0.3 is 9.88 Å². The third-order valence-electron chi connectivity index (χ3n) is 4.05. The van der Waals surface area contributed by atoms with Crippen molar-refractivity contribution in [3.05, 3.63) is 36.0 Å². The Morgan fingerprint density at radius 3 is 2.53 bits per heavy atom. The highest BCUT2D eigenvalue weighted by atomic mass is 15.0. The quantitative estimate of drug-likeness (QED) is 0.788. The van der Waals surface area contributed by atoms with E-state index in [4.69, 9.17) is 0 Å². The highest BCUT2D eigenvalue weighted by molar-refractivity contribution is 5.81. The highest BCUT2D eigenvalue weighted by Crippen LogP contribution is 2.23. The lowest BCUT2D eigenvalue weighted by Gasteiger charge is -2.17. The SMILES string of the molecule is CCNCc1cc2ccccc2n1CC(CC)CC. The summed E-state index contributed by atoms with van der Waals surface area (Å²) < 4.78 is 2.51. The first-order chi connectivity index (χ1) is 9.30. The summed E-state index contributed by atoms with van der Waals surface area (Å²) in [5.74, 6) is 0.774. The van der Waals surface area contributed by atoms with Crippen molar-refractivity contribution in [2.75, 3.05) is 6.54 Å². The number of hydrogen-bond acceptors (Lipinski definition) is 1. The first-order valence-electron chi connectivity index (χ1n) is 7.57. The van der Waals surface area contributed by atoms with Gasteiger partial charge >= 0.3 is 0 Å². The van der Waals surface area contributed by atoms with Crippen LogP contribution in [0.2, 0.25) is 0 Å². The number of fused-ring (bicyclic) bond motifs is 1. The van der Waals surface area contributed by atoms with E-state index in [1.165, 1.54) is 29.4 Å². The minimum Gasteiger partial charge on any atom is -0.343 e. The van der Waals surface area contributed by atoms with Crippen LogP contribution < -0.4 is 5.32 Å². The molecule has 0 fully saturated rings. The minimum atomic E-state index is 0.774. The third kappa shape index (κ3) is 3.19. The maximum Gasteiger partial charge on any atom is 0.0483 e. The smallest absolute Gasteiger partial charge is 0.0483 e. The van der Waals surface area contributed by atoms with E-state index >= 15 is 0 Å². The van der Waals surface area contributed by atoms with Crippen molar-refractivity contribution in [3.63, 3.8) is 0 Å². The molecule has 0 radical (unpaired) electrons. The minimum absolute atomic E-state index is 0.774. The molecular weight excluding hydrogens is 232 g/mol. The fourth-order valence-electron chi connectivity index (χ4n) is 2.69. The first-order valence-corrected chi connectivity index (χ1v) is 7.57. The largest absolute Gasteiger partial charge is 0.343 e. The highest BCUT2D eigenvalue weighted by Gasteiger charge is 2.11. The first kappa shape index (κ1) is 14.1. The zero-order valence-corrected chi connectivity index (χ0v) is 12.4. The molecule has 0 aliphatic carbocycles. The van der Waals surface area contributed by atoms with E-state index in [0.717, 1.165) is 25.6 Å². The predicted molar refractivity (Wildman–Crippen MR) is 83.4 cm³/mol. The molecular formula is C17H26N2. The lowest BCUT2D eigenvalue weighted by Crippen LogP contribution is -2.18. The molecule has 1 N–H and O–H groups in total. The zero-order chi connectivity index (χ0) is 13.7. The Kier molecular flexibility index (Phi) is 5.03. The molecule has 2 heteroatoms. The van der Waals surface area contributed by atoms with Crippen LogP contribution in [0.25, 0.3) is 10.9 Å². The molecule has 0 atom stereocenters. The van der Waals surface area contributed by atoms with E-state index in [0.29, 0.717) is 0 Å². The summed E-state index contributed by atoms with van der Waals surface area (Å²) >= 11 is 0. The van der Waals surface area contributed by atoms with E-state index in [9.17, 15) is 0 Å². The van der Waals surface area contributed by atoms with Gasteiger partial charge in [0.25, 0.3) is 0 Å². The molecule has 104 valence electrons. The Hall–Kier alpha value is -1.28. The van der Waals surface area contributed by atoms with Gasteiger partial charge in [0, 0.05) is 24.3 Å². The van der Waals surface area contributed by atoms with Crippen LogP contribution in [0.1, 0.15) is 39.3 Å². The summed E-state index contributed by atoms with van der Waals surface area (Å²) in [5.41, 5.74) is 2.79.